The number of rotatable bonds is 7. The second-order valence-electron chi connectivity index (χ2n) is 7.73. The highest BCUT2D eigenvalue weighted by molar-refractivity contribution is 7.99. The van der Waals surface area contributed by atoms with E-state index in [1.54, 1.807) is 12.1 Å². The molecule has 0 radical (unpaired) electrons. The summed E-state index contributed by atoms with van der Waals surface area (Å²) in [7, 11) is -3.69. The van der Waals surface area contributed by atoms with Crippen molar-refractivity contribution in [2.45, 2.75) is 22.9 Å². The molecule has 2 fully saturated rings. The number of thioether (sulfide) groups is 1. The van der Waals surface area contributed by atoms with E-state index < -0.39 is 10.0 Å². The van der Waals surface area contributed by atoms with E-state index in [0.29, 0.717) is 37.1 Å². The molecule has 0 spiro atoms. The summed E-state index contributed by atoms with van der Waals surface area (Å²) in [6, 6.07) is 6.35. The second kappa shape index (κ2) is 10.1. The van der Waals surface area contributed by atoms with E-state index in [-0.39, 0.29) is 28.2 Å². The van der Waals surface area contributed by atoms with Gasteiger partial charge in [-0.1, -0.05) is 11.8 Å². The number of ether oxygens (including phenoxy) is 1. The molecule has 0 unspecified atom stereocenters. The van der Waals surface area contributed by atoms with Gasteiger partial charge in [-0.25, -0.2) is 18.4 Å². The summed E-state index contributed by atoms with van der Waals surface area (Å²) in [6.45, 7) is 3.04. The van der Waals surface area contributed by atoms with Crippen LogP contribution in [0.25, 0.3) is 0 Å². The number of sulfonamides is 1. The maximum atomic E-state index is 13.1. The van der Waals surface area contributed by atoms with Gasteiger partial charge in [0, 0.05) is 32.2 Å². The number of nitrogens with zero attached hydrogens (tertiary/aromatic N) is 4. The summed E-state index contributed by atoms with van der Waals surface area (Å²) in [6.07, 6.45) is 2.09. The Morgan fingerprint density at radius 1 is 1.06 bits per heavy atom. The summed E-state index contributed by atoms with van der Waals surface area (Å²) in [5.74, 6) is 0.152. The Morgan fingerprint density at radius 3 is 2.39 bits per heavy atom. The third-order valence-electron chi connectivity index (χ3n) is 5.37. The van der Waals surface area contributed by atoms with E-state index in [9.17, 15) is 13.2 Å². The van der Waals surface area contributed by atoms with Gasteiger partial charge in [-0.3, -0.25) is 4.79 Å². The fraction of sp³-hybridized carbons (Fsp3) is 0.450. The zero-order valence-corrected chi connectivity index (χ0v) is 19.7. The first kappa shape index (κ1) is 23.5. The molecule has 5 N–H and O–H groups in total. The number of carbonyl (C=O) groups excluding carboxylic acids is 1. The highest BCUT2D eigenvalue weighted by Crippen LogP contribution is 2.33. The third-order valence-corrected chi connectivity index (χ3v) is 8.12. The summed E-state index contributed by atoms with van der Waals surface area (Å²) in [5.41, 5.74) is 12.6. The quantitative estimate of drug-likeness (QED) is 0.375. The topological polar surface area (TPSA) is 157 Å². The Labute approximate surface area is 196 Å². The molecule has 2 aliphatic heterocycles. The monoisotopic (exact) mass is 493 g/mol. The maximum Gasteiger partial charge on any atom is 0.243 e. The number of hydrogen-bond acceptors (Lipinski definition) is 10. The van der Waals surface area contributed by atoms with E-state index in [1.165, 1.54) is 16.4 Å². The molecule has 33 heavy (non-hydrogen) atoms. The van der Waals surface area contributed by atoms with E-state index >= 15 is 0 Å². The SMILES string of the molecule is Nc1cc(N)nc(SCC(=O)Nc2cc(S(=O)(=O)N3CCOCC3)ccc2N2CCCC2)n1. The van der Waals surface area contributed by atoms with Crippen LogP contribution in [0.1, 0.15) is 12.8 Å². The van der Waals surface area contributed by atoms with Gasteiger partial charge in [0.2, 0.25) is 15.9 Å². The molecule has 11 nitrogen and oxygen atoms in total. The van der Waals surface area contributed by atoms with Crippen LogP contribution in [0.5, 0.6) is 0 Å². The molecule has 0 atom stereocenters. The van der Waals surface area contributed by atoms with E-state index in [4.69, 9.17) is 16.2 Å². The fourth-order valence-corrected chi connectivity index (χ4v) is 5.90. The number of benzene rings is 1. The van der Waals surface area contributed by atoms with Crippen molar-refractivity contribution in [3.8, 4) is 0 Å². The van der Waals surface area contributed by atoms with Gasteiger partial charge >= 0.3 is 0 Å². The summed E-state index contributed by atoms with van der Waals surface area (Å²) >= 11 is 1.10. The Balaban J connectivity index is 1.55. The molecule has 3 heterocycles. The molecule has 1 aromatic heterocycles. The Morgan fingerprint density at radius 2 is 1.73 bits per heavy atom. The lowest BCUT2D eigenvalue weighted by Crippen LogP contribution is -2.40. The summed E-state index contributed by atoms with van der Waals surface area (Å²) in [4.78, 5) is 23.1. The maximum absolute atomic E-state index is 13.1. The smallest absolute Gasteiger partial charge is 0.243 e. The molecule has 0 aliphatic carbocycles. The first-order valence-electron chi connectivity index (χ1n) is 10.6. The number of aromatic nitrogens is 2. The van der Waals surface area contributed by atoms with Crippen molar-refractivity contribution in [3.05, 3.63) is 24.3 Å². The van der Waals surface area contributed by atoms with E-state index in [0.717, 1.165) is 43.4 Å². The van der Waals surface area contributed by atoms with Crippen molar-refractivity contribution in [3.63, 3.8) is 0 Å². The van der Waals surface area contributed by atoms with Crippen LogP contribution in [0.4, 0.5) is 23.0 Å². The highest BCUT2D eigenvalue weighted by atomic mass is 32.2. The van der Waals surface area contributed by atoms with Crippen molar-refractivity contribution in [2.24, 2.45) is 0 Å². The van der Waals surface area contributed by atoms with Gasteiger partial charge in [-0.15, -0.1) is 0 Å². The molecule has 1 aromatic carbocycles. The van der Waals surface area contributed by atoms with Crippen LogP contribution in [0, 0.1) is 0 Å². The molecule has 0 bridgehead atoms. The van der Waals surface area contributed by atoms with Crippen LogP contribution in [0.3, 0.4) is 0 Å². The molecule has 4 rings (SSSR count). The minimum absolute atomic E-state index is 0.0166. The van der Waals surface area contributed by atoms with Gasteiger partial charge < -0.3 is 26.4 Å². The first-order valence-corrected chi connectivity index (χ1v) is 13.0. The van der Waals surface area contributed by atoms with Crippen LogP contribution < -0.4 is 21.7 Å². The zero-order valence-electron chi connectivity index (χ0n) is 18.1. The van der Waals surface area contributed by atoms with Gasteiger partial charge in [0.15, 0.2) is 5.16 Å². The number of hydrogen-bond donors (Lipinski definition) is 3. The number of nitrogens with two attached hydrogens (primary N) is 2. The Kier molecular flexibility index (Phi) is 7.22. The van der Waals surface area contributed by atoms with Crippen LogP contribution in [-0.4, -0.2) is 73.7 Å². The zero-order chi connectivity index (χ0) is 23.4. The van der Waals surface area contributed by atoms with Gasteiger partial charge in [0.05, 0.1) is 35.2 Å². The van der Waals surface area contributed by atoms with Crippen LogP contribution >= 0.6 is 11.8 Å². The molecule has 1 amide bonds. The molecule has 2 saturated heterocycles. The predicted octanol–water partition coefficient (Wildman–Crippen LogP) is 0.993. The number of carbonyl (C=O) groups is 1. The first-order chi connectivity index (χ1) is 15.8. The minimum atomic E-state index is -3.69. The lowest BCUT2D eigenvalue weighted by atomic mass is 10.2. The number of morpholine rings is 1. The van der Waals surface area contributed by atoms with Gasteiger partial charge in [0.1, 0.15) is 11.6 Å². The number of anilines is 4. The fourth-order valence-electron chi connectivity index (χ4n) is 3.79. The minimum Gasteiger partial charge on any atom is -0.383 e. The number of amides is 1. The average molecular weight is 494 g/mol. The lowest BCUT2D eigenvalue weighted by molar-refractivity contribution is -0.113. The van der Waals surface area contributed by atoms with Crippen molar-refractivity contribution in [1.82, 2.24) is 14.3 Å². The lowest BCUT2D eigenvalue weighted by Gasteiger charge is -2.27. The van der Waals surface area contributed by atoms with Crippen molar-refractivity contribution in [2.75, 3.05) is 66.8 Å². The number of nitrogens with one attached hydrogen (secondary N) is 1. The van der Waals surface area contributed by atoms with Crippen molar-refractivity contribution < 1.29 is 17.9 Å². The van der Waals surface area contributed by atoms with Crippen LogP contribution in [0.2, 0.25) is 0 Å². The predicted molar refractivity (Wildman–Crippen MR) is 128 cm³/mol. The van der Waals surface area contributed by atoms with Gasteiger partial charge in [0.25, 0.3) is 0 Å². The Hall–Kier alpha value is -2.61. The van der Waals surface area contributed by atoms with E-state index in [2.05, 4.69) is 20.2 Å². The molecule has 13 heteroatoms. The molecule has 2 aliphatic rings. The normalized spacial score (nSPS) is 17.3. The molecular formula is C20H27N7O4S2. The van der Waals surface area contributed by atoms with Gasteiger partial charge in [-0.05, 0) is 31.0 Å². The Bertz CT molecular complexity index is 1100. The number of nitrogen functional groups attached to an aromatic ring is 2. The van der Waals surface area contributed by atoms with Crippen molar-refractivity contribution >= 4 is 50.7 Å². The summed E-state index contributed by atoms with van der Waals surface area (Å²) < 4.78 is 32.9. The van der Waals surface area contributed by atoms with Gasteiger partial charge in [-0.2, -0.15) is 4.31 Å². The van der Waals surface area contributed by atoms with Crippen LogP contribution in [-0.2, 0) is 19.6 Å². The standard InChI is InChI=1S/C20H27N7O4S2/c21-17-12-18(22)25-20(24-17)32-13-19(28)23-15-11-14(3-4-16(15)26-5-1-2-6-26)33(29,30)27-7-9-31-10-8-27/h3-4,11-12H,1-2,5-10,13H2,(H,23,28)(H4,21,22,24,25). The van der Waals surface area contributed by atoms with Crippen molar-refractivity contribution in [1.29, 1.82) is 0 Å². The molecule has 2 aromatic rings. The van der Waals surface area contributed by atoms with E-state index in [1.807, 2.05) is 0 Å². The van der Waals surface area contributed by atoms with Crippen LogP contribution in [0.15, 0.2) is 34.3 Å². The summed E-state index contributed by atoms with van der Waals surface area (Å²) in [5, 5.41) is 3.17. The second-order valence-corrected chi connectivity index (χ2v) is 10.6. The largest absolute Gasteiger partial charge is 0.383 e. The third kappa shape index (κ3) is 5.66. The highest BCUT2D eigenvalue weighted by Gasteiger charge is 2.28. The molecule has 0 saturated carbocycles. The molecule has 178 valence electrons. The molecular weight excluding hydrogens is 466 g/mol. The average Bonchev–Trinajstić information content (AvgIpc) is 3.32.